The minimum absolute atomic E-state index is 0.289. The van der Waals surface area contributed by atoms with Crippen LogP contribution in [0.4, 0.5) is 0 Å². The molecule has 10 nitrogen and oxygen atoms in total. The van der Waals surface area contributed by atoms with Crippen molar-refractivity contribution in [3.05, 3.63) is 66.0 Å². The van der Waals surface area contributed by atoms with E-state index >= 15 is 0 Å². The topological polar surface area (TPSA) is 114 Å². The van der Waals surface area contributed by atoms with Gasteiger partial charge in [-0.2, -0.15) is 0 Å². The summed E-state index contributed by atoms with van der Waals surface area (Å²) in [5, 5.41) is 3.22. The van der Waals surface area contributed by atoms with E-state index in [-0.39, 0.29) is 4.90 Å². The number of likely N-dealkylation sites (tertiary alicyclic amines) is 1. The van der Waals surface area contributed by atoms with Gasteiger partial charge in [0.2, 0.25) is 0 Å². The van der Waals surface area contributed by atoms with E-state index in [1.165, 1.54) is 19.3 Å². The van der Waals surface area contributed by atoms with Crippen molar-refractivity contribution >= 4 is 31.9 Å². The molecule has 0 spiro atoms. The zero-order chi connectivity index (χ0) is 30.8. The van der Waals surface area contributed by atoms with Gasteiger partial charge in [-0.25, -0.2) is 18.4 Å². The Morgan fingerprint density at radius 1 is 1.05 bits per heavy atom. The SMILES string of the molecule is COc1cc2c(nc1OC)c(-c1cc3c(C(NCCCN4CCCCC4)S(=O)(=O)c4ccc(C)cc4)ccnc3[nH]1)cn2C. The number of hydrogen-bond acceptors (Lipinski definition) is 8. The average Bonchev–Trinajstić information content (AvgIpc) is 3.61. The number of hydrogen-bond donors (Lipinski definition) is 2. The second kappa shape index (κ2) is 12.6. The number of rotatable bonds is 11. The molecule has 1 aromatic carbocycles. The largest absolute Gasteiger partial charge is 0.491 e. The molecule has 1 fully saturated rings. The van der Waals surface area contributed by atoms with E-state index in [1.54, 1.807) is 32.5 Å². The number of H-pyrrole nitrogens is 1. The molecule has 1 aliphatic heterocycles. The highest BCUT2D eigenvalue weighted by Crippen LogP contribution is 2.38. The molecule has 11 heteroatoms. The van der Waals surface area contributed by atoms with Gasteiger partial charge < -0.3 is 23.9 Å². The third kappa shape index (κ3) is 5.79. The number of benzene rings is 1. The summed E-state index contributed by atoms with van der Waals surface area (Å²) in [4.78, 5) is 15.5. The molecule has 0 aliphatic carbocycles. The van der Waals surface area contributed by atoms with E-state index in [0.29, 0.717) is 29.4 Å². The highest BCUT2D eigenvalue weighted by atomic mass is 32.2. The Morgan fingerprint density at radius 2 is 1.82 bits per heavy atom. The molecule has 1 saturated heterocycles. The minimum atomic E-state index is -3.78. The number of methoxy groups -OCH3 is 2. The average molecular weight is 617 g/mol. The predicted molar refractivity (Wildman–Crippen MR) is 173 cm³/mol. The number of sulfone groups is 1. The van der Waals surface area contributed by atoms with Crippen molar-refractivity contribution in [1.29, 1.82) is 0 Å². The highest BCUT2D eigenvalue weighted by molar-refractivity contribution is 7.91. The number of aryl methyl sites for hydroxylation is 2. The summed E-state index contributed by atoms with van der Waals surface area (Å²) in [5.74, 6) is 0.934. The Labute approximate surface area is 258 Å². The monoisotopic (exact) mass is 616 g/mol. The Morgan fingerprint density at radius 3 is 2.55 bits per heavy atom. The van der Waals surface area contributed by atoms with E-state index in [2.05, 4.69) is 20.2 Å². The van der Waals surface area contributed by atoms with Crippen LogP contribution >= 0.6 is 0 Å². The molecule has 0 amide bonds. The van der Waals surface area contributed by atoms with Gasteiger partial charge in [0, 0.05) is 36.5 Å². The Bertz CT molecular complexity index is 1870. The summed E-state index contributed by atoms with van der Waals surface area (Å²) in [6.07, 6.45) is 8.27. The van der Waals surface area contributed by atoms with Crippen LogP contribution in [-0.4, -0.2) is 73.2 Å². The molecule has 1 atom stereocenters. The van der Waals surface area contributed by atoms with Gasteiger partial charge >= 0.3 is 0 Å². The van der Waals surface area contributed by atoms with E-state index in [0.717, 1.165) is 59.3 Å². The quantitative estimate of drug-likeness (QED) is 0.190. The van der Waals surface area contributed by atoms with E-state index < -0.39 is 15.2 Å². The van der Waals surface area contributed by atoms with Gasteiger partial charge in [0.05, 0.1) is 30.3 Å². The number of nitrogens with zero attached hydrogens (tertiary/aromatic N) is 4. The first-order chi connectivity index (χ1) is 21.3. The maximum atomic E-state index is 14.2. The molecule has 4 aromatic heterocycles. The van der Waals surface area contributed by atoms with Crippen molar-refractivity contribution in [3.8, 4) is 22.9 Å². The van der Waals surface area contributed by atoms with Crippen molar-refractivity contribution in [2.75, 3.05) is 40.4 Å². The Hall–Kier alpha value is -3.93. The van der Waals surface area contributed by atoms with Gasteiger partial charge in [-0.05, 0) is 82.2 Å². The van der Waals surface area contributed by atoms with E-state index in [9.17, 15) is 8.42 Å². The molecule has 0 saturated carbocycles. The molecule has 2 N–H and O–H groups in total. The summed E-state index contributed by atoms with van der Waals surface area (Å²) in [7, 11) is 1.31. The Kier molecular flexibility index (Phi) is 8.61. The third-order valence-electron chi connectivity index (χ3n) is 8.53. The van der Waals surface area contributed by atoms with Crippen LogP contribution in [0, 0.1) is 6.92 Å². The fourth-order valence-corrected chi connectivity index (χ4v) is 7.80. The fourth-order valence-electron chi connectivity index (χ4n) is 6.14. The first-order valence-electron chi connectivity index (χ1n) is 15.1. The molecule has 6 rings (SSSR count). The molecule has 5 heterocycles. The van der Waals surface area contributed by atoms with Crippen LogP contribution in [-0.2, 0) is 16.9 Å². The molecule has 44 heavy (non-hydrogen) atoms. The summed E-state index contributed by atoms with van der Waals surface area (Å²) >= 11 is 0. The molecular weight excluding hydrogens is 576 g/mol. The summed E-state index contributed by atoms with van der Waals surface area (Å²) in [6, 6.07) is 12.7. The fraction of sp³-hybridized carbons (Fsp3) is 0.394. The van der Waals surface area contributed by atoms with Crippen LogP contribution in [0.2, 0.25) is 0 Å². The van der Waals surface area contributed by atoms with Crippen molar-refractivity contribution in [1.82, 2.24) is 29.7 Å². The van der Waals surface area contributed by atoms with Crippen LogP contribution in [0.15, 0.2) is 59.8 Å². The molecule has 232 valence electrons. The standard InChI is InChI=1S/C33H40N6O4S/c1-22-9-11-23(12-10-22)44(40,41)33(35-14-8-18-39-16-6-5-7-17-39)24-13-15-34-31-25(24)19-27(36-31)26-21-38(2)28-20-29(42-3)32(43-4)37-30(26)28/h9-13,15,19-21,33,35H,5-8,14,16-18H2,1-4H3,(H,34,36). The van der Waals surface area contributed by atoms with Gasteiger partial charge in [-0.15, -0.1) is 0 Å². The van der Waals surface area contributed by atoms with Gasteiger partial charge in [0.25, 0.3) is 5.88 Å². The highest BCUT2D eigenvalue weighted by Gasteiger charge is 2.31. The molecular formula is C33H40N6O4S. The first-order valence-corrected chi connectivity index (χ1v) is 16.7. The van der Waals surface area contributed by atoms with E-state index in [1.807, 2.05) is 55.1 Å². The number of aromatic amines is 1. The first kappa shape index (κ1) is 30.1. The molecule has 1 aliphatic rings. The molecule has 0 radical (unpaired) electrons. The lowest BCUT2D eigenvalue weighted by molar-refractivity contribution is 0.225. The number of piperidine rings is 1. The number of pyridine rings is 2. The van der Waals surface area contributed by atoms with E-state index in [4.69, 9.17) is 14.5 Å². The van der Waals surface area contributed by atoms with Crippen molar-refractivity contribution in [2.24, 2.45) is 7.05 Å². The third-order valence-corrected chi connectivity index (χ3v) is 10.5. The summed E-state index contributed by atoms with van der Waals surface area (Å²) in [6.45, 7) is 5.71. The summed E-state index contributed by atoms with van der Waals surface area (Å²) < 4.78 is 41.4. The van der Waals surface area contributed by atoms with Gasteiger partial charge in [-0.1, -0.05) is 24.1 Å². The van der Waals surface area contributed by atoms with Crippen LogP contribution in [0.3, 0.4) is 0 Å². The lowest BCUT2D eigenvalue weighted by Crippen LogP contribution is -2.34. The van der Waals surface area contributed by atoms with Crippen molar-refractivity contribution in [2.45, 2.75) is 42.9 Å². The van der Waals surface area contributed by atoms with Crippen molar-refractivity contribution in [3.63, 3.8) is 0 Å². The number of ether oxygens (including phenoxy) is 2. The smallest absolute Gasteiger partial charge is 0.257 e. The van der Waals surface area contributed by atoms with Crippen molar-refractivity contribution < 1.29 is 17.9 Å². The lowest BCUT2D eigenvalue weighted by Gasteiger charge is -2.27. The maximum absolute atomic E-state index is 14.2. The van der Waals surface area contributed by atoms with Gasteiger partial charge in [0.15, 0.2) is 15.6 Å². The number of aromatic nitrogens is 4. The van der Waals surface area contributed by atoms with Crippen LogP contribution < -0.4 is 14.8 Å². The summed E-state index contributed by atoms with van der Waals surface area (Å²) in [5.41, 5.74) is 5.51. The normalized spacial score (nSPS) is 15.2. The number of nitrogens with one attached hydrogen (secondary N) is 2. The number of fused-ring (bicyclic) bond motifs is 2. The predicted octanol–water partition coefficient (Wildman–Crippen LogP) is 5.38. The molecule has 5 aromatic rings. The van der Waals surface area contributed by atoms with Gasteiger partial charge in [0.1, 0.15) is 16.5 Å². The zero-order valence-electron chi connectivity index (χ0n) is 25.8. The molecule has 1 unspecified atom stereocenters. The van der Waals surface area contributed by atoms with Crippen LogP contribution in [0.1, 0.15) is 42.2 Å². The second-order valence-electron chi connectivity index (χ2n) is 11.5. The van der Waals surface area contributed by atoms with Crippen LogP contribution in [0.25, 0.3) is 33.3 Å². The molecule has 0 bridgehead atoms. The van der Waals surface area contributed by atoms with Crippen LogP contribution in [0.5, 0.6) is 11.6 Å². The second-order valence-corrected chi connectivity index (χ2v) is 13.5. The minimum Gasteiger partial charge on any atom is -0.491 e. The maximum Gasteiger partial charge on any atom is 0.257 e. The zero-order valence-corrected chi connectivity index (χ0v) is 26.6. The lowest BCUT2D eigenvalue weighted by atomic mass is 10.1. The van der Waals surface area contributed by atoms with Gasteiger partial charge in [-0.3, -0.25) is 5.32 Å². The Balaban J connectivity index is 1.39.